The van der Waals surface area contributed by atoms with Crippen molar-refractivity contribution in [1.29, 1.82) is 0 Å². The van der Waals surface area contributed by atoms with Crippen molar-refractivity contribution >= 4 is 0 Å². The predicted molar refractivity (Wildman–Crippen MR) is 84.9 cm³/mol. The molecule has 2 rings (SSSR count). The average Bonchev–Trinajstić information content (AvgIpc) is 2.54. The van der Waals surface area contributed by atoms with Crippen LogP contribution in [0.5, 0.6) is 0 Å². The van der Waals surface area contributed by atoms with Crippen molar-refractivity contribution in [2.24, 2.45) is 11.7 Å². The zero-order valence-corrected chi connectivity index (χ0v) is 12.9. The van der Waals surface area contributed by atoms with Gasteiger partial charge in [-0.05, 0) is 29.9 Å². The minimum Gasteiger partial charge on any atom is -0.396 e. The lowest BCUT2D eigenvalue weighted by Crippen LogP contribution is -2.44. The minimum absolute atomic E-state index is 0.152. The van der Waals surface area contributed by atoms with Crippen molar-refractivity contribution in [1.82, 2.24) is 5.32 Å². The standard InChI is InChI=1S/C17H28N2O2/c1-21-12-13-6-8-14(9-7-13)17(10-18)19-16-5-3-2-4-15(16)11-20/h6-9,15-17,19-20H,2-5,10-12,18H2,1H3. The topological polar surface area (TPSA) is 67.5 Å². The normalized spacial score (nSPS) is 24.0. The molecule has 0 saturated heterocycles. The van der Waals surface area contributed by atoms with Gasteiger partial charge in [0.2, 0.25) is 0 Å². The van der Waals surface area contributed by atoms with Crippen molar-refractivity contribution in [3.63, 3.8) is 0 Å². The largest absolute Gasteiger partial charge is 0.396 e. The molecule has 0 heterocycles. The van der Waals surface area contributed by atoms with Gasteiger partial charge < -0.3 is 20.9 Å². The maximum absolute atomic E-state index is 9.53. The summed E-state index contributed by atoms with van der Waals surface area (Å²) in [6, 6.07) is 8.95. The quantitative estimate of drug-likeness (QED) is 0.719. The van der Waals surface area contributed by atoms with Gasteiger partial charge in [-0.2, -0.15) is 0 Å². The Hall–Kier alpha value is -0.940. The fraction of sp³-hybridized carbons (Fsp3) is 0.647. The third-order valence-corrected chi connectivity index (χ3v) is 4.49. The molecule has 4 heteroatoms. The molecule has 1 aliphatic rings. The summed E-state index contributed by atoms with van der Waals surface area (Å²) in [4.78, 5) is 0. The molecule has 0 bridgehead atoms. The van der Waals surface area contributed by atoms with Crippen LogP contribution in [0.15, 0.2) is 24.3 Å². The summed E-state index contributed by atoms with van der Waals surface area (Å²) in [5.74, 6) is 0.362. The smallest absolute Gasteiger partial charge is 0.0713 e. The summed E-state index contributed by atoms with van der Waals surface area (Å²) < 4.78 is 5.14. The fourth-order valence-corrected chi connectivity index (χ4v) is 3.22. The first-order valence-electron chi connectivity index (χ1n) is 7.93. The summed E-state index contributed by atoms with van der Waals surface area (Å²) >= 11 is 0. The van der Waals surface area contributed by atoms with E-state index in [1.54, 1.807) is 7.11 Å². The molecule has 1 aromatic rings. The highest BCUT2D eigenvalue weighted by Gasteiger charge is 2.26. The van der Waals surface area contributed by atoms with E-state index in [1.165, 1.54) is 24.0 Å². The Labute approximate surface area is 127 Å². The number of aliphatic hydroxyl groups excluding tert-OH is 1. The Kier molecular flexibility index (Phi) is 6.64. The summed E-state index contributed by atoms with van der Waals surface area (Å²) in [5.41, 5.74) is 8.33. The molecule has 1 fully saturated rings. The number of benzene rings is 1. The van der Waals surface area contributed by atoms with Gasteiger partial charge in [0.1, 0.15) is 0 Å². The zero-order valence-electron chi connectivity index (χ0n) is 12.9. The SMILES string of the molecule is COCc1ccc(C(CN)NC2CCCCC2CO)cc1. The molecular weight excluding hydrogens is 264 g/mol. The highest BCUT2D eigenvalue weighted by molar-refractivity contribution is 5.25. The Morgan fingerprint density at radius 3 is 2.62 bits per heavy atom. The van der Waals surface area contributed by atoms with E-state index in [2.05, 4.69) is 29.6 Å². The molecule has 0 aromatic heterocycles. The number of rotatable bonds is 7. The molecule has 3 unspecified atom stereocenters. The van der Waals surface area contributed by atoms with Crippen LogP contribution in [-0.4, -0.2) is 31.4 Å². The predicted octanol–water partition coefficient (Wildman–Crippen LogP) is 1.97. The number of methoxy groups -OCH3 is 1. The second-order valence-corrected chi connectivity index (χ2v) is 5.96. The zero-order chi connectivity index (χ0) is 15.1. The summed E-state index contributed by atoms with van der Waals surface area (Å²) in [6.07, 6.45) is 4.70. The van der Waals surface area contributed by atoms with Crippen LogP contribution in [0.4, 0.5) is 0 Å². The van der Waals surface area contributed by atoms with E-state index in [9.17, 15) is 5.11 Å². The summed E-state index contributed by atoms with van der Waals surface area (Å²) in [7, 11) is 1.70. The maximum atomic E-state index is 9.53. The van der Waals surface area contributed by atoms with E-state index in [-0.39, 0.29) is 12.6 Å². The van der Waals surface area contributed by atoms with Crippen LogP contribution in [0.1, 0.15) is 42.9 Å². The van der Waals surface area contributed by atoms with Crippen LogP contribution in [-0.2, 0) is 11.3 Å². The first-order chi connectivity index (χ1) is 10.3. The molecule has 21 heavy (non-hydrogen) atoms. The molecule has 0 radical (unpaired) electrons. The monoisotopic (exact) mass is 292 g/mol. The minimum atomic E-state index is 0.152. The Balaban J connectivity index is 2.01. The van der Waals surface area contributed by atoms with Crippen LogP contribution in [0.3, 0.4) is 0 Å². The molecule has 0 spiro atoms. The molecule has 118 valence electrons. The first kappa shape index (κ1) is 16.4. The van der Waals surface area contributed by atoms with Gasteiger partial charge in [0.15, 0.2) is 0 Å². The molecule has 0 amide bonds. The Morgan fingerprint density at radius 2 is 2.00 bits per heavy atom. The van der Waals surface area contributed by atoms with E-state index in [4.69, 9.17) is 10.5 Å². The van der Waals surface area contributed by atoms with Crippen LogP contribution >= 0.6 is 0 Å². The number of ether oxygens (including phenoxy) is 1. The molecule has 3 atom stereocenters. The van der Waals surface area contributed by atoms with E-state index in [1.807, 2.05) is 0 Å². The second-order valence-electron chi connectivity index (χ2n) is 5.96. The summed E-state index contributed by atoms with van der Waals surface area (Å²) in [5, 5.41) is 13.2. The highest BCUT2D eigenvalue weighted by atomic mass is 16.5. The lowest BCUT2D eigenvalue weighted by Gasteiger charge is -2.34. The Morgan fingerprint density at radius 1 is 1.29 bits per heavy atom. The molecule has 1 aromatic carbocycles. The number of nitrogens with one attached hydrogen (secondary N) is 1. The van der Waals surface area contributed by atoms with Gasteiger partial charge in [0.05, 0.1) is 6.61 Å². The summed E-state index contributed by atoms with van der Waals surface area (Å²) in [6.45, 7) is 1.47. The fourth-order valence-electron chi connectivity index (χ4n) is 3.22. The molecule has 1 saturated carbocycles. The van der Waals surface area contributed by atoms with Crippen molar-refractivity contribution < 1.29 is 9.84 Å². The van der Waals surface area contributed by atoms with Crippen LogP contribution in [0, 0.1) is 5.92 Å². The number of nitrogens with two attached hydrogens (primary N) is 1. The van der Waals surface area contributed by atoms with Crippen molar-refractivity contribution in [3.05, 3.63) is 35.4 Å². The number of hydrogen-bond donors (Lipinski definition) is 3. The van der Waals surface area contributed by atoms with Gasteiger partial charge in [-0.3, -0.25) is 0 Å². The molecule has 1 aliphatic carbocycles. The van der Waals surface area contributed by atoms with E-state index in [0.717, 1.165) is 12.8 Å². The molecule has 4 N–H and O–H groups in total. The van der Waals surface area contributed by atoms with Gasteiger partial charge in [0.25, 0.3) is 0 Å². The lowest BCUT2D eigenvalue weighted by atomic mass is 9.84. The molecular formula is C17H28N2O2. The van der Waals surface area contributed by atoms with Crippen LogP contribution in [0.25, 0.3) is 0 Å². The third kappa shape index (κ3) is 4.51. The number of hydrogen-bond acceptors (Lipinski definition) is 4. The van der Waals surface area contributed by atoms with Crippen LogP contribution in [0.2, 0.25) is 0 Å². The molecule has 0 aliphatic heterocycles. The van der Waals surface area contributed by atoms with Gasteiger partial charge >= 0.3 is 0 Å². The lowest BCUT2D eigenvalue weighted by molar-refractivity contribution is 0.146. The first-order valence-corrected chi connectivity index (χ1v) is 7.93. The maximum Gasteiger partial charge on any atom is 0.0713 e. The van der Waals surface area contributed by atoms with E-state index >= 15 is 0 Å². The van der Waals surface area contributed by atoms with E-state index in [0.29, 0.717) is 25.1 Å². The van der Waals surface area contributed by atoms with Gasteiger partial charge in [0, 0.05) is 32.3 Å². The number of aliphatic hydroxyl groups is 1. The van der Waals surface area contributed by atoms with Crippen molar-refractivity contribution in [2.45, 2.75) is 44.4 Å². The van der Waals surface area contributed by atoms with Crippen molar-refractivity contribution in [2.75, 3.05) is 20.3 Å². The van der Waals surface area contributed by atoms with Gasteiger partial charge in [-0.1, -0.05) is 37.1 Å². The third-order valence-electron chi connectivity index (χ3n) is 4.49. The van der Waals surface area contributed by atoms with Gasteiger partial charge in [-0.15, -0.1) is 0 Å². The Bertz CT molecular complexity index is 408. The second kappa shape index (κ2) is 8.49. The highest BCUT2D eigenvalue weighted by Crippen LogP contribution is 2.26. The van der Waals surface area contributed by atoms with Crippen molar-refractivity contribution in [3.8, 4) is 0 Å². The molecule has 4 nitrogen and oxygen atoms in total. The van der Waals surface area contributed by atoms with E-state index < -0.39 is 0 Å². The average molecular weight is 292 g/mol. The van der Waals surface area contributed by atoms with Crippen LogP contribution < -0.4 is 11.1 Å². The van der Waals surface area contributed by atoms with Gasteiger partial charge in [-0.25, -0.2) is 0 Å².